The second kappa shape index (κ2) is 7.25. The fourth-order valence-corrected chi connectivity index (χ4v) is 2.46. The van der Waals surface area contributed by atoms with Gasteiger partial charge in [-0.3, -0.25) is 9.59 Å². The SMILES string of the molecule is CC(=O)Nc1cccc(CNC(=O)C(C)(C)c2ccccc2F)c1. The lowest BCUT2D eigenvalue weighted by molar-refractivity contribution is -0.126. The summed E-state index contributed by atoms with van der Waals surface area (Å²) in [6.07, 6.45) is 0. The maximum Gasteiger partial charge on any atom is 0.230 e. The number of carbonyl (C=O) groups excluding carboxylic acids is 2. The number of amides is 2. The largest absolute Gasteiger partial charge is 0.351 e. The van der Waals surface area contributed by atoms with Crippen molar-refractivity contribution < 1.29 is 14.0 Å². The lowest BCUT2D eigenvalue weighted by Gasteiger charge is -2.24. The van der Waals surface area contributed by atoms with Crippen molar-refractivity contribution >= 4 is 17.5 Å². The van der Waals surface area contributed by atoms with Gasteiger partial charge in [-0.05, 0) is 37.6 Å². The van der Waals surface area contributed by atoms with Gasteiger partial charge >= 0.3 is 0 Å². The highest BCUT2D eigenvalue weighted by Crippen LogP contribution is 2.26. The minimum absolute atomic E-state index is 0.156. The van der Waals surface area contributed by atoms with E-state index in [0.717, 1.165) is 5.56 Å². The van der Waals surface area contributed by atoms with Gasteiger partial charge in [0.1, 0.15) is 5.82 Å². The molecule has 0 aliphatic rings. The molecular weight excluding hydrogens is 307 g/mol. The molecule has 2 amide bonds. The van der Waals surface area contributed by atoms with E-state index in [4.69, 9.17) is 0 Å². The van der Waals surface area contributed by atoms with Crippen LogP contribution in [0.4, 0.5) is 10.1 Å². The fraction of sp³-hybridized carbons (Fsp3) is 0.263. The second-order valence-corrected chi connectivity index (χ2v) is 6.17. The Morgan fingerprint density at radius 1 is 1.08 bits per heavy atom. The molecule has 24 heavy (non-hydrogen) atoms. The zero-order valence-corrected chi connectivity index (χ0v) is 14.0. The number of benzene rings is 2. The number of hydrogen-bond donors (Lipinski definition) is 2. The molecule has 126 valence electrons. The highest BCUT2D eigenvalue weighted by atomic mass is 19.1. The molecule has 0 aliphatic carbocycles. The molecule has 0 heterocycles. The van der Waals surface area contributed by atoms with Crippen LogP contribution in [0.15, 0.2) is 48.5 Å². The van der Waals surface area contributed by atoms with E-state index in [-0.39, 0.29) is 11.8 Å². The molecule has 5 heteroatoms. The first-order valence-corrected chi connectivity index (χ1v) is 7.70. The van der Waals surface area contributed by atoms with Gasteiger partial charge in [0.2, 0.25) is 11.8 Å². The summed E-state index contributed by atoms with van der Waals surface area (Å²) in [5.74, 6) is -0.820. The average Bonchev–Trinajstić information content (AvgIpc) is 2.52. The van der Waals surface area contributed by atoms with Gasteiger partial charge < -0.3 is 10.6 Å². The minimum atomic E-state index is -0.986. The fourth-order valence-electron chi connectivity index (χ4n) is 2.46. The molecule has 0 atom stereocenters. The predicted molar refractivity (Wildman–Crippen MR) is 92.0 cm³/mol. The Balaban J connectivity index is 2.07. The molecule has 2 N–H and O–H groups in total. The van der Waals surface area contributed by atoms with E-state index < -0.39 is 11.2 Å². The van der Waals surface area contributed by atoms with Crippen LogP contribution in [-0.2, 0) is 21.5 Å². The maximum atomic E-state index is 14.0. The maximum absolute atomic E-state index is 14.0. The summed E-state index contributed by atoms with van der Waals surface area (Å²) in [5.41, 5.74) is 0.886. The lowest BCUT2D eigenvalue weighted by atomic mass is 9.83. The van der Waals surface area contributed by atoms with E-state index in [2.05, 4.69) is 10.6 Å². The van der Waals surface area contributed by atoms with Crippen molar-refractivity contribution in [3.05, 3.63) is 65.5 Å². The van der Waals surface area contributed by atoms with Crippen LogP contribution >= 0.6 is 0 Å². The molecule has 0 bridgehead atoms. The van der Waals surface area contributed by atoms with Crippen LogP contribution in [0.5, 0.6) is 0 Å². The van der Waals surface area contributed by atoms with E-state index in [1.807, 2.05) is 6.07 Å². The molecule has 2 aromatic carbocycles. The van der Waals surface area contributed by atoms with Crippen LogP contribution in [0.25, 0.3) is 0 Å². The monoisotopic (exact) mass is 328 g/mol. The van der Waals surface area contributed by atoms with Gasteiger partial charge in [0.05, 0.1) is 5.41 Å². The van der Waals surface area contributed by atoms with Crippen molar-refractivity contribution in [3.63, 3.8) is 0 Å². The molecule has 0 radical (unpaired) electrons. The second-order valence-electron chi connectivity index (χ2n) is 6.17. The first-order chi connectivity index (χ1) is 11.3. The third-order valence-corrected chi connectivity index (χ3v) is 3.82. The third kappa shape index (κ3) is 4.19. The van der Waals surface area contributed by atoms with Gasteiger partial charge in [-0.1, -0.05) is 30.3 Å². The van der Waals surface area contributed by atoms with E-state index in [9.17, 15) is 14.0 Å². The zero-order chi connectivity index (χ0) is 17.7. The van der Waals surface area contributed by atoms with Crippen molar-refractivity contribution in [2.45, 2.75) is 32.7 Å². The summed E-state index contributed by atoms with van der Waals surface area (Å²) in [4.78, 5) is 23.6. The molecule has 0 saturated carbocycles. The smallest absolute Gasteiger partial charge is 0.230 e. The molecule has 2 rings (SSSR count). The van der Waals surface area contributed by atoms with Crippen molar-refractivity contribution in [2.75, 3.05) is 5.32 Å². The first-order valence-electron chi connectivity index (χ1n) is 7.70. The Bertz CT molecular complexity index is 757. The number of carbonyl (C=O) groups is 2. The number of halogens is 1. The van der Waals surface area contributed by atoms with Crippen molar-refractivity contribution in [2.24, 2.45) is 0 Å². The number of nitrogens with one attached hydrogen (secondary N) is 2. The van der Waals surface area contributed by atoms with E-state index in [1.165, 1.54) is 13.0 Å². The quantitative estimate of drug-likeness (QED) is 0.884. The summed E-state index contributed by atoms with van der Waals surface area (Å²) < 4.78 is 14.0. The summed E-state index contributed by atoms with van der Waals surface area (Å²) in [6.45, 7) is 5.11. The standard InChI is InChI=1S/C19H21FN2O2/c1-13(23)22-15-8-6-7-14(11-15)12-21-18(24)19(2,3)16-9-4-5-10-17(16)20/h4-11H,12H2,1-3H3,(H,21,24)(H,22,23). The van der Waals surface area contributed by atoms with E-state index >= 15 is 0 Å². The van der Waals surface area contributed by atoms with E-state index in [0.29, 0.717) is 17.8 Å². The Kier molecular flexibility index (Phi) is 5.34. The van der Waals surface area contributed by atoms with Crippen LogP contribution < -0.4 is 10.6 Å². The van der Waals surface area contributed by atoms with E-state index in [1.54, 1.807) is 50.2 Å². The van der Waals surface area contributed by atoms with Crippen molar-refractivity contribution in [1.82, 2.24) is 5.32 Å². The minimum Gasteiger partial charge on any atom is -0.351 e. The molecule has 4 nitrogen and oxygen atoms in total. The molecule has 0 unspecified atom stereocenters. The van der Waals surface area contributed by atoms with Crippen molar-refractivity contribution in [3.8, 4) is 0 Å². The molecule has 0 saturated heterocycles. The van der Waals surface area contributed by atoms with Gasteiger partial charge in [-0.25, -0.2) is 4.39 Å². The molecule has 0 aliphatic heterocycles. The van der Waals surface area contributed by atoms with Gasteiger partial charge in [-0.15, -0.1) is 0 Å². The first kappa shape index (κ1) is 17.7. The predicted octanol–water partition coefficient (Wildman–Crippen LogP) is 3.38. The topological polar surface area (TPSA) is 58.2 Å². The molecule has 0 aromatic heterocycles. The normalized spacial score (nSPS) is 11.0. The Hall–Kier alpha value is -2.69. The van der Waals surface area contributed by atoms with Crippen molar-refractivity contribution in [1.29, 1.82) is 0 Å². The van der Waals surface area contributed by atoms with Crippen LogP contribution in [0, 0.1) is 5.82 Å². The van der Waals surface area contributed by atoms with Crippen LogP contribution in [0.2, 0.25) is 0 Å². The summed E-state index contributed by atoms with van der Waals surface area (Å²) in [6, 6.07) is 13.5. The lowest BCUT2D eigenvalue weighted by Crippen LogP contribution is -2.40. The number of anilines is 1. The Morgan fingerprint density at radius 2 is 1.79 bits per heavy atom. The number of hydrogen-bond acceptors (Lipinski definition) is 2. The van der Waals surface area contributed by atoms with Gasteiger partial charge in [0.25, 0.3) is 0 Å². The average molecular weight is 328 g/mol. The summed E-state index contributed by atoms with van der Waals surface area (Å²) in [7, 11) is 0. The summed E-state index contributed by atoms with van der Waals surface area (Å²) in [5, 5.41) is 5.52. The van der Waals surface area contributed by atoms with Crippen LogP contribution in [-0.4, -0.2) is 11.8 Å². The van der Waals surface area contributed by atoms with Gasteiger partial charge in [0.15, 0.2) is 0 Å². The van der Waals surface area contributed by atoms with Crippen LogP contribution in [0.1, 0.15) is 31.9 Å². The highest BCUT2D eigenvalue weighted by molar-refractivity contribution is 5.89. The molecule has 2 aromatic rings. The molecule has 0 fully saturated rings. The molecular formula is C19H21FN2O2. The summed E-state index contributed by atoms with van der Waals surface area (Å²) >= 11 is 0. The molecule has 0 spiro atoms. The zero-order valence-electron chi connectivity index (χ0n) is 14.0. The van der Waals surface area contributed by atoms with Crippen LogP contribution in [0.3, 0.4) is 0 Å². The highest BCUT2D eigenvalue weighted by Gasteiger charge is 2.31. The Labute approximate surface area is 141 Å². The van der Waals surface area contributed by atoms with Gasteiger partial charge in [-0.2, -0.15) is 0 Å². The number of rotatable bonds is 5. The third-order valence-electron chi connectivity index (χ3n) is 3.82. The van der Waals surface area contributed by atoms with Gasteiger partial charge in [0, 0.05) is 24.7 Å². The Morgan fingerprint density at radius 3 is 2.46 bits per heavy atom.